The average Bonchev–Trinajstić information content (AvgIpc) is 2.00. The normalized spacial score (nSPS) is 11.1. The van der Waals surface area contributed by atoms with E-state index in [2.05, 4.69) is 5.32 Å². The van der Waals surface area contributed by atoms with Gasteiger partial charge < -0.3 is 14.8 Å². The molecule has 0 bridgehead atoms. The smallest absolute Gasteiger partial charge is 0.407 e. The van der Waals surface area contributed by atoms with Crippen LogP contribution in [0.3, 0.4) is 0 Å². The molecule has 0 radical (unpaired) electrons. The van der Waals surface area contributed by atoms with Crippen molar-refractivity contribution < 1.29 is 14.3 Å². The summed E-state index contributed by atoms with van der Waals surface area (Å²) in [6.45, 7) is 9.31. The summed E-state index contributed by atoms with van der Waals surface area (Å²) in [5.41, 5.74) is -0.436. The molecule has 1 N–H and O–H groups in total. The van der Waals surface area contributed by atoms with Gasteiger partial charge in [-0.25, -0.2) is 4.79 Å². The predicted octanol–water partition coefficient (Wildman–Crippen LogP) is 1.94. The molecule has 0 aromatic heterocycles. The van der Waals surface area contributed by atoms with E-state index in [9.17, 15) is 4.79 Å². The molecule has 0 spiro atoms. The van der Waals surface area contributed by atoms with Crippen LogP contribution < -0.4 is 5.32 Å². The molecule has 0 aliphatic rings. The molecule has 0 saturated carbocycles. The molecule has 0 rings (SSSR count). The van der Waals surface area contributed by atoms with Gasteiger partial charge in [-0.15, -0.1) is 0 Å². The van der Waals surface area contributed by atoms with E-state index in [1.807, 2.05) is 27.7 Å². The third-order valence-electron chi connectivity index (χ3n) is 1.26. The van der Waals surface area contributed by atoms with Gasteiger partial charge in [-0.05, 0) is 27.2 Å². The maximum Gasteiger partial charge on any atom is 0.407 e. The summed E-state index contributed by atoms with van der Waals surface area (Å²) in [6.07, 6.45) is 0.601. The van der Waals surface area contributed by atoms with Crippen molar-refractivity contribution in [3.05, 3.63) is 0 Å². The highest BCUT2D eigenvalue weighted by atomic mass is 16.6. The average molecular weight is 203 g/mol. The van der Waals surface area contributed by atoms with Crippen LogP contribution in [0.5, 0.6) is 0 Å². The molecular formula is C10H21NO3. The lowest BCUT2D eigenvalue weighted by Crippen LogP contribution is -2.34. The molecule has 0 saturated heterocycles. The van der Waals surface area contributed by atoms with Crippen molar-refractivity contribution in [1.82, 2.24) is 5.32 Å². The molecule has 0 aliphatic carbocycles. The molecule has 84 valence electrons. The van der Waals surface area contributed by atoms with E-state index in [-0.39, 0.29) is 0 Å². The zero-order chi connectivity index (χ0) is 11.0. The zero-order valence-corrected chi connectivity index (χ0v) is 9.55. The van der Waals surface area contributed by atoms with Crippen molar-refractivity contribution >= 4 is 6.09 Å². The first kappa shape index (κ1) is 13.2. The van der Waals surface area contributed by atoms with Crippen LogP contribution in [0.25, 0.3) is 0 Å². The molecule has 1 amide bonds. The van der Waals surface area contributed by atoms with Gasteiger partial charge in [-0.3, -0.25) is 0 Å². The van der Waals surface area contributed by atoms with Crippen molar-refractivity contribution in [2.45, 2.75) is 39.7 Å². The van der Waals surface area contributed by atoms with E-state index < -0.39 is 11.7 Å². The van der Waals surface area contributed by atoms with E-state index in [0.717, 1.165) is 13.0 Å². The number of hydrogen-bond donors (Lipinski definition) is 1. The van der Waals surface area contributed by atoms with E-state index in [1.54, 1.807) is 0 Å². The van der Waals surface area contributed by atoms with Crippen LogP contribution >= 0.6 is 0 Å². The van der Waals surface area contributed by atoms with Crippen LogP contribution in [0.4, 0.5) is 4.79 Å². The van der Waals surface area contributed by atoms with E-state index >= 15 is 0 Å². The minimum Gasteiger partial charge on any atom is -0.444 e. The highest BCUT2D eigenvalue weighted by Crippen LogP contribution is 2.05. The molecule has 0 aromatic carbocycles. The molecule has 0 unspecified atom stereocenters. The SMILES string of the molecule is CCCOCCNC(=O)OC(C)(C)C. The molecule has 0 heterocycles. The maximum atomic E-state index is 11.1. The number of carbonyl (C=O) groups is 1. The number of amides is 1. The van der Waals surface area contributed by atoms with E-state index in [4.69, 9.17) is 9.47 Å². The van der Waals surface area contributed by atoms with Crippen molar-refractivity contribution in [3.63, 3.8) is 0 Å². The molecule has 0 aliphatic heterocycles. The summed E-state index contributed by atoms with van der Waals surface area (Å²) in [7, 11) is 0. The van der Waals surface area contributed by atoms with Gasteiger partial charge in [0.05, 0.1) is 6.61 Å². The van der Waals surface area contributed by atoms with Crippen molar-refractivity contribution in [3.8, 4) is 0 Å². The number of carbonyl (C=O) groups excluding carboxylic acids is 1. The van der Waals surface area contributed by atoms with Gasteiger partial charge in [0, 0.05) is 13.2 Å². The summed E-state index contributed by atoms with van der Waals surface area (Å²) in [4.78, 5) is 11.1. The van der Waals surface area contributed by atoms with Gasteiger partial charge in [0.2, 0.25) is 0 Å². The van der Waals surface area contributed by atoms with Crippen LogP contribution in [0, 0.1) is 0 Å². The second-order valence-electron chi connectivity index (χ2n) is 4.04. The van der Waals surface area contributed by atoms with Crippen LogP contribution in [-0.4, -0.2) is 31.5 Å². The largest absolute Gasteiger partial charge is 0.444 e. The molecule has 4 heteroatoms. The first-order valence-electron chi connectivity index (χ1n) is 5.00. The topological polar surface area (TPSA) is 47.6 Å². The molecule has 14 heavy (non-hydrogen) atoms. The van der Waals surface area contributed by atoms with Gasteiger partial charge in [0.25, 0.3) is 0 Å². The Morgan fingerprint density at radius 1 is 1.29 bits per heavy atom. The Hall–Kier alpha value is -0.770. The fraction of sp³-hybridized carbons (Fsp3) is 0.900. The molecule has 0 fully saturated rings. The number of hydrogen-bond acceptors (Lipinski definition) is 3. The second kappa shape index (κ2) is 6.65. The molecule has 4 nitrogen and oxygen atoms in total. The minimum absolute atomic E-state index is 0.391. The Morgan fingerprint density at radius 2 is 1.93 bits per heavy atom. The molecule has 0 atom stereocenters. The Kier molecular flexibility index (Phi) is 6.28. The summed E-state index contributed by atoms with van der Waals surface area (Å²) in [6, 6.07) is 0. The Balaban J connectivity index is 3.36. The van der Waals surface area contributed by atoms with Crippen LogP contribution in [0.15, 0.2) is 0 Å². The van der Waals surface area contributed by atoms with Crippen molar-refractivity contribution in [2.24, 2.45) is 0 Å². The summed E-state index contributed by atoms with van der Waals surface area (Å²) in [5.74, 6) is 0. The quantitative estimate of drug-likeness (QED) is 0.695. The Bertz CT molecular complexity index is 163. The van der Waals surface area contributed by atoms with Crippen molar-refractivity contribution in [2.75, 3.05) is 19.8 Å². The van der Waals surface area contributed by atoms with Gasteiger partial charge in [0.15, 0.2) is 0 Å². The van der Waals surface area contributed by atoms with Gasteiger partial charge in [-0.2, -0.15) is 0 Å². The fourth-order valence-corrected chi connectivity index (χ4v) is 0.786. The number of nitrogens with one attached hydrogen (secondary N) is 1. The predicted molar refractivity (Wildman–Crippen MR) is 55.3 cm³/mol. The Morgan fingerprint density at radius 3 is 2.43 bits per heavy atom. The lowest BCUT2D eigenvalue weighted by atomic mass is 10.2. The van der Waals surface area contributed by atoms with Gasteiger partial charge in [0.1, 0.15) is 5.60 Å². The third kappa shape index (κ3) is 9.32. The lowest BCUT2D eigenvalue weighted by molar-refractivity contribution is 0.0499. The van der Waals surface area contributed by atoms with Crippen molar-refractivity contribution in [1.29, 1.82) is 0 Å². The minimum atomic E-state index is -0.436. The van der Waals surface area contributed by atoms with E-state index in [0.29, 0.717) is 13.2 Å². The van der Waals surface area contributed by atoms with Gasteiger partial charge in [-0.1, -0.05) is 6.92 Å². The number of ether oxygens (including phenoxy) is 2. The highest BCUT2D eigenvalue weighted by molar-refractivity contribution is 5.67. The van der Waals surface area contributed by atoms with Gasteiger partial charge >= 0.3 is 6.09 Å². The zero-order valence-electron chi connectivity index (χ0n) is 9.55. The molecular weight excluding hydrogens is 182 g/mol. The fourth-order valence-electron chi connectivity index (χ4n) is 0.786. The van der Waals surface area contributed by atoms with Crippen LogP contribution in [0.1, 0.15) is 34.1 Å². The third-order valence-corrected chi connectivity index (χ3v) is 1.26. The highest BCUT2D eigenvalue weighted by Gasteiger charge is 2.15. The molecule has 0 aromatic rings. The summed E-state index contributed by atoms with van der Waals surface area (Å²) >= 11 is 0. The summed E-state index contributed by atoms with van der Waals surface area (Å²) < 4.78 is 10.2. The first-order chi connectivity index (χ1) is 6.45. The number of alkyl carbamates (subject to hydrolysis) is 1. The Labute approximate surface area is 86.0 Å². The number of rotatable bonds is 5. The van der Waals surface area contributed by atoms with Crippen LogP contribution in [0.2, 0.25) is 0 Å². The van der Waals surface area contributed by atoms with E-state index in [1.165, 1.54) is 0 Å². The first-order valence-corrected chi connectivity index (χ1v) is 5.00. The maximum absolute atomic E-state index is 11.1. The lowest BCUT2D eigenvalue weighted by Gasteiger charge is -2.19. The second-order valence-corrected chi connectivity index (χ2v) is 4.04. The standard InChI is InChI=1S/C10H21NO3/c1-5-7-13-8-6-11-9(12)14-10(2,3)4/h5-8H2,1-4H3,(H,11,12). The monoisotopic (exact) mass is 203 g/mol. The van der Waals surface area contributed by atoms with Crippen LogP contribution in [-0.2, 0) is 9.47 Å². The summed E-state index contributed by atoms with van der Waals surface area (Å²) in [5, 5.41) is 2.61.